The lowest BCUT2D eigenvalue weighted by molar-refractivity contribution is 0.315. The number of likely N-dealkylation sites (tertiary alicyclic amines) is 1. The van der Waals surface area contributed by atoms with E-state index in [9.17, 15) is 0 Å². The fourth-order valence-corrected chi connectivity index (χ4v) is 4.05. The highest BCUT2D eigenvalue weighted by Gasteiger charge is 2.33. The van der Waals surface area contributed by atoms with Crippen molar-refractivity contribution in [2.75, 3.05) is 19.6 Å². The van der Waals surface area contributed by atoms with E-state index in [2.05, 4.69) is 16.3 Å². The van der Waals surface area contributed by atoms with Gasteiger partial charge in [-0.2, -0.15) is 0 Å². The highest BCUT2D eigenvalue weighted by molar-refractivity contribution is 7.16. The smallest absolute Gasteiger partial charge is 0.0931 e. The summed E-state index contributed by atoms with van der Waals surface area (Å²) in [6.07, 6.45) is 2.75. The van der Waals surface area contributed by atoms with Crippen molar-refractivity contribution in [1.82, 2.24) is 10.2 Å². The van der Waals surface area contributed by atoms with Gasteiger partial charge in [-0.25, -0.2) is 0 Å². The normalized spacial score (nSPS) is 30.6. The summed E-state index contributed by atoms with van der Waals surface area (Å²) in [6.45, 7) is 4.75. The molecule has 88 valence electrons. The fraction of sp³-hybridized carbons (Fsp3) is 0.667. The quantitative estimate of drug-likeness (QED) is 0.875. The van der Waals surface area contributed by atoms with Crippen LogP contribution in [0.3, 0.4) is 0 Å². The van der Waals surface area contributed by atoms with E-state index in [0.29, 0.717) is 0 Å². The van der Waals surface area contributed by atoms with Gasteiger partial charge in [0.05, 0.1) is 4.34 Å². The molecule has 3 rings (SSSR count). The van der Waals surface area contributed by atoms with Gasteiger partial charge in [0.2, 0.25) is 0 Å². The van der Waals surface area contributed by atoms with Crippen molar-refractivity contribution in [2.24, 2.45) is 5.92 Å². The molecule has 2 atom stereocenters. The Kier molecular flexibility index (Phi) is 3.20. The van der Waals surface area contributed by atoms with Crippen LogP contribution in [-0.4, -0.2) is 30.6 Å². The molecule has 2 aliphatic heterocycles. The second-order valence-corrected chi connectivity index (χ2v) is 6.66. The molecule has 0 bridgehead atoms. The molecule has 1 N–H and O–H groups in total. The van der Waals surface area contributed by atoms with Gasteiger partial charge >= 0.3 is 0 Å². The first-order valence-corrected chi connectivity index (χ1v) is 7.20. The summed E-state index contributed by atoms with van der Waals surface area (Å²) in [5, 5.41) is 3.64. The topological polar surface area (TPSA) is 15.3 Å². The molecule has 4 heteroatoms. The van der Waals surface area contributed by atoms with Crippen LogP contribution in [0.15, 0.2) is 12.1 Å². The zero-order valence-corrected chi connectivity index (χ0v) is 10.9. The average Bonchev–Trinajstić information content (AvgIpc) is 2.84. The van der Waals surface area contributed by atoms with Crippen LogP contribution in [0.5, 0.6) is 0 Å². The van der Waals surface area contributed by atoms with Crippen LogP contribution in [0.25, 0.3) is 0 Å². The van der Waals surface area contributed by atoms with E-state index in [-0.39, 0.29) is 0 Å². The largest absolute Gasteiger partial charge is 0.312 e. The van der Waals surface area contributed by atoms with Gasteiger partial charge in [-0.3, -0.25) is 4.90 Å². The minimum Gasteiger partial charge on any atom is -0.312 e. The maximum Gasteiger partial charge on any atom is 0.0931 e. The maximum absolute atomic E-state index is 5.96. The Morgan fingerprint density at radius 3 is 3.12 bits per heavy atom. The molecule has 0 aliphatic carbocycles. The predicted molar refractivity (Wildman–Crippen MR) is 69.1 cm³/mol. The molecule has 3 heterocycles. The SMILES string of the molecule is Clc1ccc(CN2CC3CCCNC3C2)s1. The Morgan fingerprint density at radius 2 is 2.38 bits per heavy atom. The summed E-state index contributed by atoms with van der Waals surface area (Å²) >= 11 is 7.67. The van der Waals surface area contributed by atoms with E-state index in [4.69, 9.17) is 11.6 Å². The number of hydrogen-bond acceptors (Lipinski definition) is 3. The van der Waals surface area contributed by atoms with Crippen molar-refractivity contribution in [2.45, 2.75) is 25.4 Å². The number of rotatable bonds is 2. The predicted octanol–water partition coefficient (Wildman–Crippen LogP) is 2.59. The maximum atomic E-state index is 5.96. The molecule has 0 spiro atoms. The van der Waals surface area contributed by atoms with E-state index in [0.717, 1.165) is 22.8 Å². The standard InChI is InChI=1S/C12H17ClN2S/c13-12-4-3-10(16-12)7-15-6-9-2-1-5-14-11(9)8-15/h3-4,9,11,14H,1-2,5-8H2. The summed E-state index contributed by atoms with van der Waals surface area (Å²) in [6, 6.07) is 4.90. The molecular weight excluding hydrogens is 240 g/mol. The minimum atomic E-state index is 0.740. The minimum absolute atomic E-state index is 0.740. The third-order valence-corrected chi connectivity index (χ3v) is 4.90. The first kappa shape index (κ1) is 11.0. The number of nitrogens with zero attached hydrogens (tertiary/aromatic N) is 1. The third-order valence-electron chi connectivity index (χ3n) is 3.68. The number of thiophene rings is 1. The van der Waals surface area contributed by atoms with Gasteiger partial charge in [0, 0.05) is 30.6 Å². The van der Waals surface area contributed by atoms with Gasteiger partial charge in [-0.15, -0.1) is 11.3 Å². The Labute approximate surface area is 106 Å². The van der Waals surface area contributed by atoms with Crippen molar-refractivity contribution in [3.8, 4) is 0 Å². The molecule has 1 aromatic heterocycles. The fourth-order valence-electron chi connectivity index (χ4n) is 2.92. The lowest BCUT2D eigenvalue weighted by atomic mass is 9.94. The van der Waals surface area contributed by atoms with Gasteiger partial charge in [-0.1, -0.05) is 11.6 Å². The van der Waals surface area contributed by atoms with E-state index < -0.39 is 0 Å². The highest BCUT2D eigenvalue weighted by atomic mass is 35.5. The lowest BCUT2D eigenvalue weighted by Crippen LogP contribution is -2.40. The summed E-state index contributed by atoms with van der Waals surface area (Å²) in [5.74, 6) is 0.879. The molecular formula is C12H17ClN2S. The van der Waals surface area contributed by atoms with Crippen LogP contribution < -0.4 is 5.32 Å². The summed E-state index contributed by atoms with van der Waals surface area (Å²) in [7, 11) is 0. The van der Waals surface area contributed by atoms with Crippen LogP contribution in [0.1, 0.15) is 17.7 Å². The molecule has 2 fully saturated rings. The Morgan fingerprint density at radius 1 is 1.44 bits per heavy atom. The van der Waals surface area contributed by atoms with Crippen LogP contribution in [-0.2, 0) is 6.54 Å². The van der Waals surface area contributed by atoms with Crippen molar-refractivity contribution in [3.63, 3.8) is 0 Å². The number of fused-ring (bicyclic) bond motifs is 1. The van der Waals surface area contributed by atoms with Crippen molar-refractivity contribution in [1.29, 1.82) is 0 Å². The summed E-state index contributed by atoms with van der Waals surface area (Å²) in [5.41, 5.74) is 0. The Hall–Kier alpha value is -0.0900. The van der Waals surface area contributed by atoms with Crippen molar-refractivity contribution in [3.05, 3.63) is 21.3 Å². The molecule has 0 radical (unpaired) electrons. The summed E-state index contributed by atoms with van der Waals surface area (Å²) in [4.78, 5) is 3.96. The molecule has 2 unspecified atom stereocenters. The van der Waals surface area contributed by atoms with E-state index in [1.165, 1.54) is 37.4 Å². The number of nitrogens with one attached hydrogen (secondary N) is 1. The molecule has 0 saturated carbocycles. The molecule has 0 amide bonds. The number of hydrogen-bond donors (Lipinski definition) is 1. The van der Waals surface area contributed by atoms with Gasteiger partial charge in [0.25, 0.3) is 0 Å². The average molecular weight is 257 g/mol. The monoisotopic (exact) mass is 256 g/mol. The third kappa shape index (κ3) is 2.28. The van der Waals surface area contributed by atoms with Gasteiger partial charge in [0.15, 0.2) is 0 Å². The van der Waals surface area contributed by atoms with Crippen molar-refractivity contribution >= 4 is 22.9 Å². The van der Waals surface area contributed by atoms with Gasteiger partial charge in [-0.05, 0) is 37.4 Å². The molecule has 2 saturated heterocycles. The van der Waals surface area contributed by atoms with Gasteiger partial charge < -0.3 is 5.32 Å². The van der Waals surface area contributed by atoms with Crippen LogP contribution >= 0.6 is 22.9 Å². The number of halogens is 1. The van der Waals surface area contributed by atoms with Crippen LogP contribution in [0.4, 0.5) is 0 Å². The zero-order valence-electron chi connectivity index (χ0n) is 9.29. The summed E-state index contributed by atoms with van der Waals surface area (Å²) < 4.78 is 0.907. The molecule has 0 aromatic carbocycles. The Balaban J connectivity index is 1.61. The lowest BCUT2D eigenvalue weighted by Gasteiger charge is -2.24. The molecule has 1 aromatic rings. The van der Waals surface area contributed by atoms with Crippen LogP contribution in [0, 0.1) is 5.92 Å². The second kappa shape index (κ2) is 4.65. The first-order valence-electron chi connectivity index (χ1n) is 6.01. The van der Waals surface area contributed by atoms with Crippen molar-refractivity contribution < 1.29 is 0 Å². The first-order chi connectivity index (χ1) is 7.81. The number of piperidine rings is 1. The molecule has 16 heavy (non-hydrogen) atoms. The molecule has 2 aliphatic rings. The van der Waals surface area contributed by atoms with Gasteiger partial charge in [0.1, 0.15) is 0 Å². The van der Waals surface area contributed by atoms with E-state index >= 15 is 0 Å². The molecule has 2 nitrogen and oxygen atoms in total. The van der Waals surface area contributed by atoms with E-state index in [1.54, 1.807) is 11.3 Å². The van der Waals surface area contributed by atoms with Crippen LogP contribution in [0.2, 0.25) is 4.34 Å². The zero-order chi connectivity index (χ0) is 11.0. The second-order valence-electron chi connectivity index (χ2n) is 4.86. The Bertz CT molecular complexity index is 352. The van der Waals surface area contributed by atoms with E-state index in [1.807, 2.05) is 6.07 Å². The highest BCUT2D eigenvalue weighted by Crippen LogP contribution is 2.28.